The van der Waals surface area contributed by atoms with E-state index in [9.17, 15) is 14.9 Å². The number of aromatic nitrogens is 1. The maximum absolute atomic E-state index is 12.8. The average molecular weight is 417 g/mol. The molecular weight excluding hydrogens is 394 g/mol. The summed E-state index contributed by atoms with van der Waals surface area (Å²) in [5.41, 5.74) is 2.05. The van der Waals surface area contributed by atoms with E-state index in [1.54, 1.807) is 42.2 Å². The minimum absolute atomic E-state index is 0.0556. The van der Waals surface area contributed by atoms with E-state index in [2.05, 4.69) is 4.98 Å². The molecule has 0 bridgehead atoms. The first kappa shape index (κ1) is 20.4. The number of ether oxygens (including phenoxy) is 1. The van der Waals surface area contributed by atoms with Crippen molar-refractivity contribution in [3.05, 3.63) is 59.6 Å². The number of carbonyl (C=O) groups excluding carboxylic acids is 2. The molecule has 1 aromatic heterocycles. The first-order valence-electron chi connectivity index (χ1n) is 10.1. The van der Waals surface area contributed by atoms with E-state index >= 15 is 0 Å². The Hall–Kier alpha value is -3.86. The Morgan fingerprint density at radius 2 is 1.71 bits per heavy atom. The summed E-state index contributed by atoms with van der Waals surface area (Å²) in [7, 11) is 3.60. The monoisotopic (exact) mass is 417 g/mol. The van der Waals surface area contributed by atoms with E-state index < -0.39 is 18.4 Å². The maximum atomic E-state index is 12.8. The number of nitriles is 1. The molecule has 8 nitrogen and oxygen atoms in total. The molecule has 0 atom stereocenters. The van der Waals surface area contributed by atoms with E-state index in [-0.39, 0.29) is 5.57 Å². The van der Waals surface area contributed by atoms with Crippen molar-refractivity contribution >= 4 is 28.9 Å². The second-order valence-electron chi connectivity index (χ2n) is 7.49. The number of hydrogen-bond acceptors (Lipinski definition) is 8. The smallest absolute Gasteiger partial charge is 0.342 e. The largest absolute Gasteiger partial charge is 0.454 e. The van der Waals surface area contributed by atoms with Gasteiger partial charge in [0, 0.05) is 33.4 Å². The van der Waals surface area contributed by atoms with Crippen molar-refractivity contribution in [2.45, 2.75) is 12.8 Å². The number of rotatable bonds is 5. The Morgan fingerprint density at radius 1 is 1.06 bits per heavy atom. The highest BCUT2D eigenvalue weighted by Gasteiger charge is 2.32. The molecule has 0 amide bonds. The Balaban J connectivity index is 1.52. The second-order valence-corrected chi connectivity index (χ2v) is 7.49. The Kier molecular flexibility index (Phi) is 5.58. The fraction of sp³-hybridized carbons (Fsp3) is 0.304. The molecule has 0 aliphatic carbocycles. The Bertz CT molecular complexity index is 1070. The van der Waals surface area contributed by atoms with Gasteiger partial charge in [-0.2, -0.15) is 5.26 Å². The predicted molar refractivity (Wildman–Crippen MR) is 117 cm³/mol. The SMILES string of the molecule is CN1C(=C(C#N)C(=O)COC(=O)c2cccnc2N2CCCC2)N(C)c2ccccc21. The summed E-state index contributed by atoms with van der Waals surface area (Å²) in [5.74, 6) is -0.142. The van der Waals surface area contributed by atoms with Gasteiger partial charge in [-0.15, -0.1) is 0 Å². The van der Waals surface area contributed by atoms with Crippen LogP contribution in [-0.4, -0.2) is 50.5 Å². The van der Waals surface area contributed by atoms with Gasteiger partial charge in [-0.25, -0.2) is 9.78 Å². The summed E-state index contributed by atoms with van der Waals surface area (Å²) < 4.78 is 5.30. The van der Waals surface area contributed by atoms with Crippen LogP contribution in [0.3, 0.4) is 0 Å². The van der Waals surface area contributed by atoms with Gasteiger partial charge >= 0.3 is 5.97 Å². The van der Waals surface area contributed by atoms with Crippen LogP contribution in [0.2, 0.25) is 0 Å². The number of fused-ring (bicyclic) bond motifs is 1. The van der Waals surface area contributed by atoms with E-state index in [0.717, 1.165) is 37.3 Å². The summed E-state index contributed by atoms with van der Waals surface area (Å²) in [6.07, 6.45) is 3.73. The molecule has 3 heterocycles. The third-order valence-electron chi connectivity index (χ3n) is 5.60. The summed E-state index contributed by atoms with van der Waals surface area (Å²) in [6.45, 7) is 1.15. The predicted octanol–water partition coefficient (Wildman–Crippen LogP) is 2.73. The van der Waals surface area contributed by atoms with E-state index in [1.807, 2.05) is 35.2 Å². The molecule has 4 rings (SSSR count). The van der Waals surface area contributed by atoms with Gasteiger partial charge in [0.1, 0.15) is 28.8 Å². The highest BCUT2D eigenvalue weighted by atomic mass is 16.5. The molecule has 158 valence electrons. The van der Waals surface area contributed by atoms with Crippen LogP contribution >= 0.6 is 0 Å². The molecule has 1 aromatic carbocycles. The van der Waals surface area contributed by atoms with Crippen LogP contribution in [-0.2, 0) is 9.53 Å². The van der Waals surface area contributed by atoms with Gasteiger partial charge in [-0.3, -0.25) is 4.79 Å². The zero-order chi connectivity index (χ0) is 22.0. The summed E-state index contributed by atoms with van der Waals surface area (Å²) in [5, 5.41) is 9.70. The minimum atomic E-state index is -0.623. The number of carbonyl (C=O) groups is 2. The first-order chi connectivity index (χ1) is 15.0. The van der Waals surface area contributed by atoms with Crippen LogP contribution < -0.4 is 14.7 Å². The van der Waals surface area contributed by atoms with Gasteiger partial charge in [0.05, 0.1) is 11.4 Å². The summed E-state index contributed by atoms with van der Waals surface area (Å²) in [4.78, 5) is 35.5. The molecule has 0 N–H and O–H groups in total. The topological polar surface area (TPSA) is 89.8 Å². The lowest BCUT2D eigenvalue weighted by Gasteiger charge is -2.20. The molecule has 1 fully saturated rings. The Morgan fingerprint density at radius 3 is 2.32 bits per heavy atom. The van der Waals surface area contributed by atoms with Crippen LogP contribution in [0.1, 0.15) is 23.2 Å². The van der Waals surface area contributed by atoms with Crippen LogP contribution in [0.4, 0.5) is 17.2 Å². The third kappa shape index (κ3) is 3.70. The van der Waals surface area contributed by atoms with Crippen molar-refractivity contribution in [3.8, 4) is 6.07 Å². The van der Waals surface area contributed by atoms with Crippen LogP contribution in [0.15, 0.2) is 54.0 Å². The molecule has 1 saturated heterocycles. The molecule has 0 unspecified atom stereocenters. The molecule has 2 aliphatic rings. The van der Waals surface area contributed by atoms with Crippen molar-refractivity contribution in [2.24, 2.45) is 0 Å². The lowest BCUT2D eigenvalue weighted by Crippen LogP contribution is -2.28. The van der Waals surface area contributed by atoms with E-state index in [1.165, 1.54) is 0 Å². The number of nitrogens with zero attached hydrogens (tertiary/aromatic N) is 5. The second kappa shape index (κ2) is 8.48. The molecule has 2 aliphatic heterocycles. The molecule has 0 spiro atoms. The van der Waals surface area contributed by atoms with Gasteiger partial charge in [-0.05, 0) is 37.1 Å². The number of anilines is 3. The fourth-order valence-electron chi connectivity index (χ4n) is 4.08. The zero-order valence-electron chi connectivity index (χ0n) is 17.5. The molecule has 2 aromatic rings. The van der Waals surface area contributed by atoms with Gasteiger partial charge in [0.15, 0.2) is 6.61 Å². The average Bonchev–Trinajstić information content (AvgIpc) is 3.42. The van der Waals surface area contributed by atoms with E-state index in [0.29, 0.717) is 17.2 Å². The summed E-state index contributed by atoms with van der Waals surface area (Å²) >= 11 is 0. The fourth-order valence-corrected chi connectivity index (χ4v) is 4.08. The van der Waals surface area contributed by atoms with Crippen LogP contribution in [0.5, 0.6) is 0 Å². The molecule has 31 heavy (non-hydrogen) atoms. The Labute approximate surface area is 180 Å². The number of pyridine rings is 1. The van der Waals surface area contributed by atoms with Crippen LogP contribution in [0.25, 0.3) is 0 Å². The van der Waals surface area contributed by atoms with Gasteiger partial charge in [0.25, 0.3) is 0 Å². The number of hydrogen-bond donors (Lipinski definition) is 0. The molecule has 0 saturated carbocycles. The van der Waals surface area contributed by atoms with Crippen LogP contribution in [0, 0.1) is 11.3 Å². The number of benzene rings is 1. The molecule has 8 heteroatoms. The molecular formula is C23H23N5O3. The lowest BCUT2D eigenvalue weighted by molar-refractivity contribution is -0.118. The quantitative estimate of drug-likeness (QED) is 0.417. The lowest BCUT2D eigenvalue weighted by atomic mass is 10.2. The summed E-state index contributed by atoms with van der Waals surface area (Å²) in [6, 6.07) is 12.9. The number of Topliss-reactive ketones (excluding diaryl/α,β-unsaturated/α-hetero) is 1. The maximum Gasteiger partial charge on any atom is 0.342 e. The minimum Gasteiger partial charge on any atom is -0.454 e. The van der Waals surface area contributed by atoms with Gasteiger partial charge < -0.3 is 19.4 Å². The van der Waals surface area contributed by atoms with Crippen molar-refractivity contribution in [1.29, 1.82) is 5.26 Å². The van der Waals surface area contributed by atoms with Crippen molar-refractivity contribution in [2.75, 3.05) is 48.5 Å². The van der Waals surface area contributed by atoms with E-state index in [4.69, 9.17) is 4.74 Å². The number of ketones is 1. The van der Waals surface area contributed by atoms with Crippen molar-refractivity contribution in [3.63, 3.8) is 0 Å². The highest BCUT2D eigenvalue weighted by Crippen LogP contribution is 2.40. The number of esters is 1. The number of para-hydroxylation sites is 2. The highest BCUT2D eigenvalue weighted by molar-refractivity contribution is 6.05. The van der Waals surface area contributed by atoms with Gasteiger partial charge in [0.2, 0.25) is 5.78 Å². The third-order valence-corrected chi connectivity index (χ3v) is 5.60. The normalized spacial score (nSPS) is 15.0. The van der Waals surface area contributed by atoms with Gasteiger partial charge in [-0.1, -0.05) is 12.1 Å². The molecule has 0 radical (unpaired) electrons. The first-order valence-corrected chi connectivity index (χ1v) is 10.1. The van der Waals surface area contributed by atoms with Crippen molar-refractivity contribution in [1.82, 2.24) is 4.98 Å². The zero-order valence-corrected chi connectivity index (χ0v) is 17.5. The van der Waals surface area contributed by atoms with Crippen molar-refractivity contribution < 1.29 is 14.3 Å². The standard InChI is InChI=1S/C23H23N5O3/c1-26-18-9-3-4-10-19(18)27(2)22(26)17(14-24)20(29)15-31-23(30)16-8-7-11-25-21(16)28-12-5-6-13-28/h3-4,7-11H,5-6,12-13,15H2,1-2H3.